The van der Waals surface area contributed by atoms with Crippen molar-refractivity contribution >= 4 is 5.91 Å². The average Bonchev–Trinajstić information content (AvgIpc) is 2.97. The second kappa shape index (κ2) is 4.83. The van der Waals surface area contributed by atoms with Gasteiger partial charge in [0, 0.05) is 25.6 Å². The van der Waals surface area contributed by atoms with Gasteiger partial charge in [0.15, 0.2) is 0 Å². The van der Waals surface area contributed by atoms with Gasteiger partial charge in [-0.2, -0.15) is 0 Å². The second-order valence-electron chi connectivity index (χ2n) is 4.62. The predicted molar refractivity (Wildman–Crippen MR) is 63.8 cm³/mol. The van der Waals surface area contributed by atoms with E-state index in [-0.39, 0.29) is 5.91 Å². The first-order chi connectivity index (χ1) is 8.11. The van der Waals surface area contributed by atoms with Crippen LogP contribution in [0.1, 0.15) is 29.8 Å². The van der Waals surface area contributed by atoms with Gasteiger partial charge in [0.25, 0.3) is 5.91 Å². The molecule has 17 heavy (non-hydrogen) atoms. The Hall–Kier alpha value is -1.43. The summed E-state index contributed by atoms with van der Waals surface area (Å²) in [6, 6.07) is 0.448. The number of carbonyl (C=O) groups excluding carboxylic acids is 1. The Morgan fingerprint density at radius 3 is 2.88 bits per heavy atom. The number of carbonyl (C=O) groups is 1. The van der Waals surface area contributed by atoms with Gasteiger partial charge in [-0.1, -0.05) is 6.92 Å². The number of nitrogens with one attached hydrogen (secondary N) is 1. The van der Waals surface area contributed by atoms with Gasteiger partial charge in [-0.15, -0.1) is 5.10 Å². The lowest BCUT2D eigenvalue weighted by molar-refractivity contribution is 0.0771. The van der Waals surface area contributed by atoms with Gasteiger partial charge >= 0.3 is 0 Å². The largest absolute Gasteiger partial charge is 0.334 e. The van der Waals surface area contributed by atoms with Crippen molar-refractivity contribution in [2.24, 2.45) is 0 Å². The molecule has 1 saturated heterocycles. The number of likely N-dealkylation sites (tertiary alicyclic amines) is 1. The lowest BCUT2D eigenvalue weighted by atomic mass is 10.2. The number of hydrogen-bond acceptors (Lipinski definition) is 4. The van der Waals surface area contributed by atoms with E-state index < -0.39 is 0 Å². The molecule has 94 valence electrons. The van der Waals surface area contributed by atoms with E-state index in [0.717, 1.165) is 31.8 Å². The first-order valence-corrected chi connectivity index (χ1v) is 5.98. The molecule has 2 heterocycles. The molecule has 6 heteroatoms. The van der Waals surface area contributed by atoms with Crippen LogP contribution in [-0.4, -0.2) is 64.1 Å². The van der Waals surface area contributed by atoms with Gasteiger partial charge in [-0.05, 0) is 20.5 Å². The SMILES string of the molecule is CCc1nc(C(=O)N2CCC(N(C)C)C2)n[nH]1. The van der Waals surface area contributed by atoms with Crippen LogP contribution < -0.4 is 0 Å². The number of aryl methyl sites for hydroxylation is 1. The molecule has 0 spiro atoms. The fraction of sp³-hybridized carbons (Fsp3) is 0.727. The van der Waals surface area contributed by atoms with Crippen molar-refractivity contribution < 1.29 is 4.79 Å². The zero-order chi connectivity index (χ0) is 12.4. The van der Waals surface area contributed by atoms with Crippen molar-refractivity contribution in [2.45, 2.75) is 25.8 Å². The Kier molecular flexibility index (Phi) is 3.42. The van der Waals surface area contributed by atoms with Crippen molar-refractivity contribution in [3.8, 4) is 0 Å². The highest BCUT2D eigenvalue weighted by Crippen LogP contribution is 2.15. The molecule has 0 aromatic carbocycles. The third-order valence-electron chi connectivity index (χ3n) is 3.24. The van der Waals surface area contributed by atoms with E-state index >= 15 is 0 Å². The van der Waals surface area contributed by atoms with Gasteiger partial charge < -0.3 is 9.80 Å². The van der Waals surface area contributed by atoms with Gasteiger partial charge in [0.2, 0.25) is 5.82 Å². The van der Waals surface area contributed by atoms with Crippen LogP contribution in [0.2, 0.25) is 0 Å². The van der Waals surface area contributed by atoms with Gasteiger partial charge in [0.1, 0.15) is 5.82 Å². The Labute approximate surface area is 101 Å². The Bertz CT molecular complexity index is 400. The van der Waals surface area contributed by atoms with E-state index in [0.29, 0.717) is 11.9 Å². The zero-order valence-electron chi connectivity index (χ0n) is 10.6. The minimum atomic E-state index is -0.0645. The van der Waals surface area contributed by atoms with E-state index in [9.17, 15) is 4.79 Å². The third-order valence-corrected chi connectivity index (χ3v) is 3.24. The fourth-order valence-electron chi connectivity index (χ4n) is 2.04. The molecule has 1 aliphatic rings. The van der Waals surface area contributed by atoms with Gasteiger partial charge in [0.05, 0.1) is 0 Å². The Morgan fingerprint density at radius 1 is 1.59 bits per heavy atom. The van der Waals surface area contributed by atoms with Crippen LogP contribution in [0.4, 0.5) is 0 Å². The molecule has 1 amide bonds. The Morgan fingerprint density at radius 2 is 2.35 bits per heavy atom. The summed E-state index contributed by atoms with van der Waals surface area (Å²) in [5.41, 5.74) is 0. The van der Waals surface area contributed by atoms with E-state index in [2.05, 4.69) is 20.1 Å². The minimum absolute atomic E-state index is 0.0645. The molecule has 2 rings (SSSR count). The van der Waals surface area contributed by atoms with E-state index in [1.807, 2.05) is 25.9 Å². The normalized spacial score (nSPS) is 20.2. The van der Waals surface area contributed by atoms with Crippen LogP contribution in [0.15, 0.2) is 0 Å². The van der Waals surface area contributed by atoms with E-state index in [1.54, 1.807) is 0 Å². The van der Waals surface area contributed by atoms with Crippen LogP contribution in [0.5, 0.6) is 0 Å². The summed E-state index contributed by atoms with van der Waals surface area (Å²) in [5.74, 6) is 0.989. The van der Waals surface area contributed by atoms with Crippen molar-refractivity contribution in [2.75, 3.05) is 27.2 Å². The molecule has 1 unspecified atom stereocenters. The minimum Gasteiger partial charge on any atom is -0.334 e. The maximum absolute atomic E-state index is 12.1. The zero-order valence-corrected chi connectivity index (χ0v) is 10.6. The monoisotopic (exact) mass is 237 g/mol. The molecular formula is C11H19N5O. The van der Waals surface area contributed by atoms with E-state index in [4.69, 9.17) is 0 Å². The molecule has 1 aromatic heterocycles. The standard InChI is InChI=1S/C11H19N5O/c1-4-9-12-10(14-13-9)11(17)16-6-5-8(7-16)15(2)3/h8H,4-7H2,1-3H3,(H,12,13,14). The van der Waals surface area contributed by atoms with Gasteiger partial charge in [-0.3, -0.25) is 9.89 Å². The van der Waals surface area contributed by atoms with Crippen molar-refractivity contribution in [3.63, 3.8) is 0 Å². The first kappa shape index (κ1) is 12.0. The number of nitrogens with zero attached hydrogens (tertiary/aromatic N) is 4. The maximum atomic E-state index is 12.1. The summed E-state index contributed by atoms with van der Waals surface area (Å²) in [6.45, 7) is 3.53. The van der Waals surface area contributed by atoms with Crippen molar-refractivity contribution in [3.05, 3.63) is 11.6 Å². The highest BCUT2D eigenvalue weighted by Gasteiger charge is 2.29. The number of amides is 1. The molecule has 1 aromatic rings. The summed E-state index contributed by atoms with van der Waals surface area (Å²) in [7, 11) is 4.08. The lowest BCUT2D eigenvalue weighted by Crippen LogP contribution is -2.34. The highest BCUT2D eigenvalue weighted by atomic mass is 16.2. The summed E-state index contributed by atoms with van der Waals surface area (Å²) in [6.07, 6.45) is 1.78. The maximum Gasteiger partial charge on any atom is 0.293 e. The lowest BCUT2D eigenvalue weighted by Gasteiger charge is -2.19. The third kappa shape index (κ3) is 2.46. The number of likely N-dealkylation sites (N-methyl/N-ethyl adjacent to an activating group) is 1. The molecule has 1 aliphatic heterocycles. The summed E-state index contributed by atoms with van der Waals surface area (Å²) >= 11 is 0. The summed E-state index contributed by atoms with van der Waals surface area (Å²) < 4.78 is 0. The molecule has 0 radical (unpaired) electrons. The van der Waals surface area contributed by atoms with Crippen LogP contribution in [0, 0.1) is 0 Å². The number of aromatic nitrogens is 3. The summed E-state index contributed by atoms with van der Waals surface area (Å²) in [4.78, 5) is 20.3. The van der Waals surface area contributed by atoms with Gasteiger partial charge in [-0.25, -0.2) is 4.98 Å². The molecular weight excluding hydrogens is 218 g/mol. The smallest absolute Gasteiger partial charge is 0.293 e. The first-order valence-electron chi connectivity index (χ1n) is 5.98. The number of hydrogen-bond donors (Lipinski definition) is 1. The Balaban J connectivity index is 2.01. The number of aromatic amines is 1. The van der Waals surface area contributed by atoms with Crippen LogP contribution in [0.3, 0.4) is 0 Å². The molecule has 1 atom stereocenters. The topological polar surface area (TPSA) is 65.1 Å². The average molecular weight is 237 g/mol. The molecule has 0 saturated carbocycles. The second-order valence-corrected chi connectivity index (χ2v) is 4.62. The fourth-order valence-corrected chi connectivity index (χ4v) is 2.04. The number of H-pyrrole nitrogens is 1. The van der Waals surface area contributed by atoms with Crippen molar-refractivity contribution in [1.29, 1.82) is 0 Å². The molecule has 1 N–H and O–H groups in total. The number of rotatable bonds is 3. The van der Waals surface area contributed by atoms with Crippen molar-refractivity contribution in [1.82, 2.24) is 25.0 Å². The predicted octanol–water partition coefficient (Wildman–Crippen LogP) is 0.143. The molecule has 6 nitrogen and oxygen atoms in total. The van der Waals surface area contributed by atoms with Crippen LogP contribution >= 0.6 is 0 Å². The quantitative estimate of drug-likeness (QED) is 0.812. The summed E-state index contributed by atoms with van der Waals surface area (Å²) in [5, 5.41) is 6.74. The molecule has 0 aliphatic carbocycles. The highest BCUT2D eigenvalue weighted by molar-refractivity contribution is 5.90. The molecule has 0 bridgehead atoms. The van der Waals surface area contributed by atoms with E-state index in [1.165, 1.54) is 0 Å². The van der Waals surface area contributed by atoms with Crippen LogP contribution in [-0.2, 0) is 6.42 Å². The van der Waals surface area contributed by atoms with Crippen LogP contribution in [0.25, 0.3) is 0 Å². The molecule has 1 fully saturated rings.